The van der Waals surface area contributed by atoms with E-state index in [0.29, 0.717) is 18.4 Å². The zero-order chi connectivity index (χ0) is 17.0. The van der Waals surface area contributed by atoms with Gasteiger partial charge in [0.1, 0.15) is 18.1 Å². The molecule has 0 aliphatic carbocycles. The average molecular weight is 327 g/mol. The number of aliphatic hydroxyl groups excluding tert-OH is 2. The van der Waals surface area contributed by atoms with E-state index in [1.807, 2.05) is 0 Å². The normalized spacial score (nSPS) is 23.9. The Kier molecular flexibility index (Phi) is 5.69. The van der Waals surface area contributed by atoms with Crippen molar-refractivity contribution >= 4 is 11.8 Å². The van der Waals surface area contributed by atoms with Crippen LogP contribution in [0.25, 0.3) is 0 Å². The molecular formula is C14H21N3O6. The van der Waals surface area contributed by atoms with Gasteiger partial charge in [-0.15, -0.1) is 0 Å². The van der Waals surface area contributed by atoms with E-state index in [1.54, 1.807) is 0 Å². The Hall–Kier alpha value is -1.97. The van der Waals surface area contributed by atoms with Crippen LogP contribution in [0.3, 0.4) is 0 Å². The summed E-state index contributed by atoms with van der Waals surface area (Å²) in [5, 5.41) is 18.9. The van der Waals surface area contributed by atoms with Crippen LogP contribution < -0.4 is 11.4 Å². The van der Waals surface area contributed by atoms with E-state index < -0.39 is 24.1 Å². The molecule has 0 unspecified atom stereocenters. The lowest BCUT2D eigenvalue weighted by Crippen LogP contribution is -2.29. The Morgan fingerprint density at radius 1 is 1.61 bits per heavy atom. The molecule has 1 aliphatic heterocycles. The van der Waals surface area contributed by atoms with Gasteiger partial charge in [0, 0.05) is 24.6 Å². The molecule has 23 heavy (non-hydrogen) atoms. The summed E-state index contributed by atoms with van der Waals surface area (Å²) >= 11 is 0. The molecule has 0 bridgehead atoms. The van der Waals surface area contributed by atoms with Crippen molar-refractivity contribution < 1.29 is 24.5 Å². The number of hydrogen-bond donors (Lipinski definition) is 3. The number of carbonyl (C=O) groups excluding carboxylic acids is 1. The molecule has 128 valence electrons. The summed E-state index contributed by atoms with van der Waals surface area (Å²) in [6.45, 7) is -0.333. The second-order valence-corrected chi connectivity index (χ2v) is 5.39. The summed E-state index contributed by atoms with van der Waals surface area (Å²) in [7, 11) is 1.32. The van der Waals surface area contributed by atoms with Gasteiger partial charge in [-0.3, -0.25) is 9.36 Å². The molecule has 1 aliphatic rings. The maximum absolute atomic E-state index is 12.0. The molecule has 0 spiro atoms. The van der Waals surface area contributed by atoms with Gasteiger partial charge in [0.05, 0.1) is 19.8 Å². The summed E-state index contributed by atoms with van der Waals surface area (Å²) in [5.41, 5.74) is 5.77. The van der Waals surface area contributed by atoms with Crippen molar-refractivity contribution in [2.24, 2.45) is 0 Å². The van der Waals surface area contributed by atoms with Crippen molar-refractivity contribution in [1.29, 1.82) is 0 Å². The fourth-order valence-electron chi connectivity index (χ4n) is 2.50. The molecule has 0 amide bonds. The highest BCUT2D eigenvalue weighted by Crippen LogP contribution is 2.28. The number of nitrogens with two attached hydrogens (primary N) is 1. The highest BCUT2D eigenvalue weighted by atomic mass is 16.5. The SMILES string of the molecule is COC(=O)CCCc1cn([C@H]2C[C@H](O)[C@@H](CO)O2)c(=O)nc1N. The van der Waals surface area contributed by atoms with Crippen LogP contribution in [0.2, 0.25) is 0 Å². The highest BCUT2D eigenvalue weighted by Gasteiger charge is 2.35. The fraction of sp³-hybridized carbons (Fsp3) is 0.643. The van der Waals surface area contributed by atoms with Crippen molar-refractivity contribution in [3.63, 3.8) is 0 Å². The van der Waals surface area contributed by atoms with Crippen LogP contribution in [0.4, 0.5) is 5.82 Å². The van der Waals surface area contributed by atoms with Gasteiger partial charge in [0.25, 0.3) is 0 Å². The molecule has 4 N–H and O–H groups in total. The fourth-order valence-corrected chi connectivity index (χ4v) is 2.50. The standard InChI is InChI=1S/C14H21N3O6/c1-22-12(20)4-2-3-8-6-17(14(21)16-13(8)15)11-5-9(19)10(7-18)23-11/h6,9-11,18-19H,2-5,7H2,1H3,(H2,15,16,21)/t9-,10+,11+/m0/s1. The smallest absolute Gasteiger partial charge is 0.351 e. The Labute approximate surface area is 132 Å². The lowest BCUT2D eigenvalue weighted by Gasteiger charge is -2.16. The summed E-state index contributed by atoms with van der Waals surface area (Å²) in [5.74, 6) is -0.216. The molecule has 1 aromatic rings. The first kappa shape index (κ1) is 17.4. The lowest BCUT2D eigenvalue weighted by molar-refractivity contribution is -0.140. The number of aryl methyl sites for hydroxylation is 1. The number of rotatable bonds is 6. The predicted octanol–water partition coefficient (Wildman–Crippen LogP) is -1.04. The largest absolute Gasteiger partial charge is 0.469 e. The van der Waals surface area contributed by atoms with Gasteiger partial charge in [0.2, 0.25) is 0 Å². The predicted molar refractivity (Wildman–Crippen MR) is 79.5 cm³/mol. The van der Waals surface area contributed by atoms with Crippen molar-refractivity contribution in [3.8, 4) is 0 Å². The minimum Gasteiger partial charge on any atom is -0.469 e. The van der Waals surface area contributed by atoms with Crippen LogP contribution in [0.1, 0.15) is 31.1 Å². The molecule has 0 radical (unpaired) electrons. The number of methoxy groups -OCH3 is 1. The molecule has 1 fully saturated rings. The van der Waals surface area contributed by atoms with Gasteiger partial charge in [-0.25, -0.2) is 4.79 Å². The number of ether oxygens (including phenoxy) is 2. The quantitative estimate of drug-likeness (QED) is 0.564. The third-order valence-corrected chi connectivity index (χ3v) is 3.81. The first-order chi connectivity index (χ1) is 11.0. The minimum absolute atomic E-state index is 0.105. The number of anilines is 1. The van der Waals surface area contributed by atoms with E-state index in [0.717, 1.165) is 0 Å². The maximum atomic E-state index is 12.0. The highest BCUT2D eigenvalue weighted by molar-refractivity contribution is 5.69. The van der Waals surface area contributed by atoms with E-state index in [1.165, 1.54) is 17.9 Å². The lowest BCUT2D eigenvalue weighted by atomic mass is 10.1. The van der Waals surface area contributed by atoms with E-state index in [-0.39, 0.29) is 31.2 Å². The van der Waals surface area contributed by atoms with Crippen molar-refractivity contribution in [2.75, 3.05) is 19.5 Å². The molecule has 3 atom stereocenters. The Morgan fingerprint density at radius 3 is 2.96 bits per heavy atom. The van der Waals surface area contributed by atoms with Crippen LogP contribution >= 0.6 is 0 Å². The summed E-state index contributed by atoms with van der Waals surface area (Å²) in [6, 6.07) is 0. The van der Waals surface area contributed by atoms with E-state index in [2.05, 4.69) is 9.72 Å². The summed E-state index contributed by atoms with van der Waals surface area (Å²) < 4.78 is 11.3. The minimum atomic E-state index is -0.850. The van der Waals surface area contributed by atoms with Gasteiger partial charge in [-0.2, -0.15) is 4.98 Å². The molecule has 1 saturated heterocycles. The van der Waals surface area contributed by atoms with E-state index in [4.69, 9.17) is 15.6 Å². The summed E-state index contributed by atoms with van der Waals surface area (Å²) in [6.07, 6.45) is 0.612. The molecule has 0 aromatic carbocycles. The zero-order valence-corrected chi connectivity index (χ0v) is 12.8. The molecular weight excluding hydrogens is 306 g/mol. The van der Waals surface area contributed by atoms with Crippen LogP contribution in [0.5, 0.6) is 0 Å². The average Bonchev–Trinajstić information content (AvgIpc) is 2.89. The van der Waals surface area contributed by atoms with Gasteiger partial charge in [0.15, 0.2) is 0 Å². The van der Waals surface area contributed by atoms with Gasteiger partial charge in [-0.1, -0.05) is 0 Å². The molecule has 9 nitrogen and oxygen atoms in total. The molecule has 1 aromatic heterocycles. The van der Waals surface area contributed by atoms with Crippen molar-refractivity contribution in [3.05, 3.63) is 22.2 Å². The molecule has 0 saturated carbocycles. The Bertz CT molecular complexity index is 617. The number of carbonyl (C=O) groups is 1. The van der Waals surface area contributed by atoms with Crippen molar-refractivity contribution in [2.45, 2.75) is 44.1 Å². The monoisotopic (exact) mass is 327 g/mol. The summed E-state index contributed by atoms with van der Waals surface area (Å²) in [4.78, 5) is 26.9. The van der Waals surface area contributed by atoms with Crippen molar-refractivity contribution in [1.82, 2.24) is 9.55 Å². The maximum Gasteiger partial charge on any atom is 0.351 e. The molecule has 2 rings (SSSR count). The zero-order valence-electron chi connectivity index (χ0n) is 12.8. The molecule has 9 heteroatoms. The number of nitrogens with zero attached hydrogens (tertiary/aromatic N) is 2. The first-order valence-corrected chi connectivity index (χ1v) is 7.35. The topological polar surface area (TPSA) is 137 Å². The third kappa shape index (κ3) is 4.06. The first-order valence-electron chi connectivity index (χ1n) is 7.35. The second-order valence-electron chi connectivity index (χ2n) is 5.39. The number of aliphatic hydroxyl groups is 2. The van der Waals surface area contributed by atoms with Gasteiger partial charge in [-0.05, 0) is 12.8 Å². The number of aromatic nitrogens is 2. The van der Waals surface area contributed by atoms with Gasteiger partial charge >= 0.3 is 11.7 Å². The van der Waals surface area contributed by atoms with E-state index in [9.17, 15) is 14.7 Å². The Morgan fingerprint density at radius 2 is 2.35 bits per heavy atom. The van der Waals surface area contributed by atoms with Crippen LogP contribution in [0, 0.1) is 0 Å². The third-order valence-electron chi connectivity index (χ3n) is 3.81. The Balaban J connectivity index is 2.13. The molecule has 2 heterocycles. The number of esters is 1. The van der Waals surface area contributed by atoms with Gasteiger partial charge < -0.3 is 25.4 Å². The van der Waals surface area contributed by atoms with Crippen LogP contribution in [-0.4, -0.2) is 51.7 Å². The van der Waals surface area contributed by atoms with Crippen LogP contribution in [0.15, 0.2) is 11.0 Å². The number of nitrogen functional groups attached to an aromatic ring is 1. The van der Waals surface area contributed by atoms with E-state index >= 15 is 0 Å². The second kappa shape index (κ2) is 7.53. The number of hydrogen-bond acceptors (Lipinski definition) is 8. The van der Waals surface area contributed by atoms with Crippen LogP contribution in [-0.2, 0) is 20.7 Å².